The molecule has 0 saturated carbocycles. The van der Waals surface area contributed by atoms with Crippen molar-refractivity contribution in [1.29, 1.82) is 0 Å². The average Bonchev–Trinajstić information content (AvgIpc) is 2.24. The quantitative estimate of drug-likeness (QED) is 0.731. The number of anilines is 1. The standard InChI is InChI=1S/C14H20N2/c1-10-8-16(9-10)14-4-2-3-11-7-12(15)5-6-13(11)14/h5-7,10,14H,2-4,8-9,15H2,1H3. The Balaban J connectivity index is 1.88. The number of nitrogen functional groups attached to an aromatic ring is 1. The SMILES string of the molecule is CC1CN(C2CCCc3cc(N)ccc32)C1. The van der Waals surface area contributed by atoms with E-state index in [0.29, 0.717) is 6.04 Å². The van der Waals surface area contributed by atoms with Crippen LogP contribution in [-0.4, -0.2) is 18.0 Å². The zero-order chi connectivity index (χ0) is 11.1. The van der Waals surface area contributed by atoms with Crippen LogP contribution in [0.3, 0.4) is 0 Å². The monoisotopic (exact) mass is 216 g/mol. The first-order valence-electron chi connectivity index (χ1n) is 6.36. The van der Waals surface area contributed by atoms with Gasteiger partial charge in [0.05, 0.1) is 0 Å². The Kier molecular flexibility index (Phi) is 2.40. The molecule has 86 valence electrons. The van der Waals surface area contributed by atoms with Gasteiger partial charge in [-0.15, -0.1) is 0 Å². The Hall–Kier alpha value is -1.02. The van der Waals surface area contributed by atoms with Crippen molar-refractivity contribution < 1.29 is 0 Å². The van der Waals surface area contributed by atoms with E-state index in [1.807, 2.05) is 0 Å². The molecular formula is C14H20N2. The predicted molar refractivity (Wildman–Crippen MR) is 67.3 cm³/mol. The van der Waals surface area contributed by atoms with Crippen LogP contribution in [-0.2, 0) is 6.42 Å². The topological polar surface area (TPSA) is 29.3 Å². The Morgan fingerprint density at radius 1 is 1.31 bits per heavy atom. The van der Waals surface area contributed by atoms with E-state index >= 15 is 0 Å². The second-order valence-electron chi connectivity index (χ2n) is 5.43. The molecule has 2 nitrogen and oxygen atoms in total. The molecule has 0 spiro atoms. The fraction of sp³-hybridized carbons (Fsp3) is 0.571. The Morgan fingerprint density at radius 2 is 2.12 bits per heavy atom. The first kappa shape index (κ1) is 10.2. The highest BCUT2D eigenvalue weighted by Crippen LogP contribution is 2.38. The van der Waals surface area contributed by atoms with E-state index in [-0.39, 0.29) is 0 Å². The summed E-state index contributed by atoms with van der Waals surface area (Å²) >= 11 is 0. The van der Waals surface area contributed by atoms with Gasteiger partial charge >= 0.3 is 0 Å². The van der Waals surface area contributed by atoms with Gasteiger partial charge in [-0.1, -0.05) is 13.0 Å². The van der Waals surface area contributed by atoms with Crippen LogP contribution >= 0.6 is 0 Å². The van der Waals surface area contributed by atoms with Gasteiger partial charge in [0, 0.05) is 24.8 Å². The Morgan fingerprint density at radius 3 is 2.88 bits per heavy atom. The fourth-order valence-electron chi connectivity index (χ4n) is 3.19. The fourth-order valence-corrected chi connectivity index (χ4v) is 3.19. The molecule has 0 radical (unpaired) electrons. The lowest BCUT2D eigenvalue weighted by Gasteiger charge is -2.45. The molecule has 1 unspecified atom stereocenters. The maximum absolute atomic E-state index is 5.86. The largest absolute Gasteiger partial charge is 0.399 e. The van der Waals surface area contributed by atoms with E-state index in [9.17, 15) is 0 Å². The lowest BCUT2D eigenvalue weighted by atomic mass is 9.84. The van der Waals surface area contributed by atoms with Crippen molar-refractivity contribution in [1.82, 2.24) is 4.90 Å². The number of aryl methyl sites for hydroxylation is 1. The van der Waals surface area contributed by atoms with Crippen LogP contribution < -0.4 is 5.73 Å². The summed E-state index contributed by atoms with van der Waals surface area (Å²) < 4.78 is 0. The number of benzene rings is 1. The van der Waals surface area contributed by atoms with E-state index < -0.39 is 0 Å². The molecule has 2 aliphatic rings. The van der Waals surface area contributed by atoms with Crippen LogP contribution in [0.4, 0.5) is 5.69 Å². The number of hydrogen-bond acceptors (Lipinski definition) is 2. The molecule has 0 bridgehead atoms. The predicted octanol–water partition coefficient (Wildman–Crippen LogP) is 2.60. The van der Waals surface area contributed by atoms with Gasteiger partial charge in [-0.2, -0.15) is 0 Å². The number of likely N-dealkylation sites (tertiary alicyclic amines) is 1. The summed E-state index contributed by atoms with van der Waals surface area (Å²) in [5, 5.41) is 0. The van der Waals surface area contributed by atoms with Crippen LogP contribution in [0.25, 0.3) is 0 Å². The van der Waals surface area contributed by atoms with Gasteiger partial charge in [0.25, 0.3) is 0 Å². The van der Waals surface area contributed by atoms with Gasteiger partial charge in [0.1, 0.15) is 0 Å². The first-order valence-corrected chi connectivity index (χ1v) is 6.36. The molecule has 2 N–H and O–H groups in total. The van der Waals surface area contributed by atoms with Gasteiger partial charge in [-0.05, 0) is 48.4 Å². The van der Waals surface area contributed by atoms with Crippen LogP contribution in [0.1, 0.15) is 36.9 Å². The molecule has 1 aromatic carbocycles. The van der Waals surface area contributed by atoms with Crippen molar-refractivity contribution in [2.45, 2.75) is 32.2 Å². The Labute approximate surface area is 97.4 Å². The van der Waals surface area contributed by atoms with E-state index in [1.165, 1.54) is 43.5 Å². The minimum atomic E-state index is 0.667. The summed E-state index contributed by atoms with van der Waals surface area (Å²) in [4.78, 5) is 2.62. The summed E-state index contributed by atoms with van der Waals surface area (Å²) in [6.07, 6.45) is 3.84. The van der Waals surface area contributed by atoms with Crippen LogP contribution in [0.5, 0.6) is 0 Å². The van der Waals surface area contributed by atoms with E-state index in [0.717, 1.165) is 11.6 Å². The summed E-state index contributed by atoms with van der Waals surface area (Å²) in [5.74, 6) is 0.888. The van der Waals surface area contributed by atoms with Crippen molar-refractivity contribution in [3.8, 4) is 0 Å². The molecule has 1 atom stereocenters. The highest BCUT2D eigenvalue weighted by atomic mass is 15.2. The van der Waals surface area contributed by atoms with Crippen molar-refractivity contribution in [2.75, 3.05) is 18.8 Å². The molecule has 1 aliphatic carbocycles. The molecule has 1 aromatic rings. The summed E-state index contributed by atoms with van der Waals surface area (Å²) in [6.45, 7) is 4.88. The second kappa shape index (κ2) is 3.77. The highest BCUT2D eigenvalue weighted by Gasteiger charge is 2.32. The number of nitrogens with two attached hydrogens (primary N) is 1. The van der Waals surface area contributed by atoms with Crippen LogP contribution in [0.2, 0.25) is 0 Å². The molecule has 16 heavy (non-hydrogen) atoms. The average molecular weight is 216 g/mol. The zero-order valence-corrected chi connectivity index (χ0v) is 9.95. The van der Waals surface area contributed by atoms with Gasteiger partial charge in [0.2, 0.25) is 0 Å². The molecule has 0 amide bonds. The van der Waals surface area contributed by atoms with Gasteiger partial charge in [-0.3, -0.25) is 4.90 Å². The molecular weight excluding hydrogens is 196 g/mol. The van der Waals surface area contributed by atoms with Crippen LogP contribution in [0.15, 0.2) is 18.2 Å². The van der Waals surface area contributed by atoms with Gasteiger partial charge in [0.15, 0.2) is 0 Å². The summed E-state index contributed by atoms with van der Waals surface area (Å²) in [5.41, 5.74) is 9.79. The second-order valence-corrected chi connectivity index (χ2v) is 5.43. The van der Waals surface area contributed by atoms with E-state index in [2.05, 4.69) is 30.0 Å². The third-order valence-corrected chi connectivity index (χ3v) is 3.98. The third kappa shape index (κ3) is 1.61. The molecule has 1 fully saturated rings. The number of nitrogens with zero attached hydrogens (tertiary/aromatic N) is 1. The first-order chi connectivity index (χ1) is 7.74. The molecule has 3 rings (SSSR count). The molecule has 1 heterocycles. The molecule has 0 aromatic heterocycles. The normalized spacial score (nSPS) is 26.2. The van der Waals surface area contributed by atoms with Gasteiger partial charge in [-0.25, -0.2) is 0 Å². The van der Waals surface area contributed by atoms with E-state index in [4.69, 9.17) is 5.73 Å². The highest BCUT2D eigenvalue weighted by molar-refractivity contribution is 5.46. The minimum absolute atomic E-state index is 0.667. The zero-order valence-electron chi connectivity index (χ0n) is 9.95. The summed E-state index contributed by atoms with van der Waals surface area (Å²) in [6, 6.07) is 7.14. The number of fused-ring (bicyclic) bond motifs is 1. The number of rotatable bonds is 1. The number of hydrogen-bond donors (Lipinski definition) is 1. The van der Waals surface area contributed by atoms with Crippen molar-refractivity contribution in [2.24, 2.45) is 5.92 Å². The maximum Gasteiger partial charge on any atom is 0.0351 e. The Bertz CT molecular complexity index is 394. The smallest absolute Gasteiger partial charge is 0.0351 e. The maximum atomic E-state index is 5.86. The lowest BCUT2D eigenvalue weighted by molar-refractivity contribution is 0.0532. The third-order valence-electron chi connectivity index (χ3n) is 3.98. The molecule has 1 aliphatic heterocycles. The van der Waals surface area contributed by atoms with Crippen LogP contribution in [0, 0.1) is 5.92 Å². The van der Waals surface area contributed by atoms with Gasteiger partial charge < -0.3 is 5.73 Å². The minimum Gasteiger partial charge on any atom is -0.399 e. The van der Waals surface area contributed by atoms with E-state index in [1.54, 1.807) is 0 Å². The lowest BCUT2D eigenvalue weighted by Crippen LogP contribution is -2.47. The van der Waals surface area contributed by atoms with Crippen molar-refractivity contribution in [3.05, 3.63) is 29.3 Å². The molecule has 2 heteroatoms. The molecule has 1 saturated heterocycles. The summed E-state index contributed by atoms with van der Waals surface area (Å²) in [7, 11) is 0. The van der Waals surface area contributed by atoms with Crippen molar-refractivity contribution in [3.63, 3.8) is 0 Å². The van der Waals surface area contributed by atoms with Crippen molar-refractivity contribution >= 4 is 5.69 Å².